The Morgan fingerprint density at radius 3 is 2.18 bits per heavy atom. The first-order valence-corrected chi connectivity index (χ1v) is 14.8. The monoisotopic (exact) mass is 589 g/mol. The van der Waals surface area contributed by atoms with E-state index in [9.17, 15) is 18.0 Å². The maximum Gasteiger partial charge on any atom is 0.264 e. The van der Waals surface area contributed by atoms with Gasteiger partial charge < -0.3 is 10.2 Å². The summed E-state index contributed by atoms with van der Waals surface area (Å²) in [6, 6.07) is 18.7. The van der Waals surface area contributed by atoms with Crippen LogP contribution in [0.25, 0.3) is 0 Å². The normalized spacial score (nSPS) is 12.9. The van der Waals surface area contributed by atoms with Gasteiger partial charge in [0.15, 0.2) is 0 Å². The van der Waals surface area contributed by atoms with Crippen LogP contribution in [0.2, 0.25) is 10.0 Å². The Bertz CT molecular complexity index is 1400. The molecule has 0 aliphatic heterocycles. The highest BCUT2D eigenvalue weighted by Gasteiger charge is 2.33. The van der Waals surface area contributed by atoms with Crippen molar-refractivity contribution in [1.29, 1.82) is 0 Å². The number of benzene rings is 3. The first kappa shape index (κ1) is 30.5. The first-order chi connectivity index (χ1) is 18.4. The Balaban J connectivity index is 2.02. The van der Waals surface area contributed by atoms with E-state index in [1.165, 1.54) is 17.0 Å². The number of hydrogen-bond donors (Lipinski definition) is 1. The molecule has 0 spiro atoms. The highest BCUT2D eigenvalue weighted by atomic mass is 35.5. The summed E-state index contributed by atoms with van der Waals surface area (Å²) in [5.74, 6) is -0.914. The summed E-state index contributed by atoms with van der Waals surface area (Å²) < 4.78 is 28.6. The van der Waals surface area contributed by atoms with Crippen molar-refractivity contribution < 1.29 is 18.0 Å². The predicted octanol–water partition coefficient (Wildman–Crippen LogP) is 5.83. The van der Waals surface area contributed by atoms with Crippen molar-refractivity contribution in [2.24, 2.45) is 0 Å². The van der Waals surface area contributed by atoms with E-state index in [0.717, 1.165) is 9.87 Å². The van der Waals surface area contributed by atoms with Crippen molar-refractivity contribution in [2.75, 3.05) is 10.8 Å². The van der Waals surface area contributed by atoms with Crippen LogP contribution in [0, 0.1) is 6.92 Å². The van der Waals surface area contributed by atoms with Gasteiger partial charge in [-0.3, -0.25) is 13.9 Å². The van der Waals surface area contributed by atoms with E-state index in [1.807, 2.05) is 20.8 Å². The van der Waals surface area contributed by atoms with Crippen molar-refractivity contribution in [3.05, 3.63) is 94.0 Å². The number of anilines is 1. The van der Waals surface area contributed by atoms with Crippen LogP contribution in [0.3, 0.4) is 0 Å². The van der Waals surface area contributed by atoms with Gasteiger partial charge in [-0.2, -0.15) is 0 Å². The summed E-state index contributed by atoms with van der Waals surface area (Å²) in [5.41, 5.74) is 1.81. The topological polar surface area (TPSA) is 86.8 Å². The van der Waals surface area contributed by atoms with Gasteiger partial charge in [0.1, 0.15) is 12.6 Å². The van der Waals surface area contributed by atoms with E-state index in [-0.39, 0.29) is 23.4 Å². The molecular formula is C29H33Cl2N3O4S. The Morgan fingerprint density at radius 1 is 0.949 bits per heavy atom. The third-order valence-electron chi connectivity index (χ3n) is 6.46. The van der Waals surface area contributed by atoms with Crippen molar-refractivity contribution in [3.8, 4) is 0 Å². The lowest BCUT2D eigenvalue weighted by atomic mass is 10.1. The number of carbonyl (C=O) groups excluding carboxylic acids is 2. The maximum atomic E-state index is 13.9. The smallest absolute Gasteiger partial charge is 0.264 e. The van der Waals surface area contributed by atoms with Crippen LogP contribution >= 0.6 is 23.2 Å². The Hall–Kier alpha value is -3.07. The molecule has 0 unspecified atom stereocenters. The van der Waals surface area contributed by atoms with Crippen molar-refractivity contribution >= 4 is 50.7 Å². The number of nitrogens with zero attached hydrogens (tertiary/aromatic N) is 2. The van der Waals surface area contributed by atoms with E-state index in [0.29, 0.717) is 27.7 Å². The molecular weight excluding hydrogens is 557 g/mol. The summed E-state index contributed by atoms with van der Waals surface area (Å²) in [6.45, 7) is 6.75. The van der Waals surface area contributed by atoms with Gasteiger partial charge in [0.25, 0.3) is 10.0 Å². The second kappa shape index (κ2) is 13.3. The van der Waals surface area contributed by atoms with Gasteiger partial charge in [-0.15, -0.1) is 0 Å². The van der Waals surface area contributed by atoms with E-state index in [2.05, 4.69) is 5.32 Å². The van der Waals surface area contributed by atoms with Crippen LogP contribution in [-0.4, -0.2) is 43.8 Å². The molecule has 3 aromatic carbocycles. The molecule has 0 aromatic heterocycles. The van der Waals surface area contributed by atoms with Crippen molar-refractivity contribution in [2.45, 2.75) is 57.6 Å². The van der Waals surface area contributed by atoms with Crippen LogP contribution in [0.15, 0.2) is 77.7 Å². The SMILES string of the molecule is CC[C@H](C)NC(=O)[C@@H](C)N(Cc1ccc(Cl)cc1Cl)C(=O)CN(c1ccccc1)S(=O)(=O)c1ccc(C)cc1. The minimum absolute atomic E-state index is 0.0167. The van der Waals surface area contributed by atoms with Gasteiger partial charge in [-0.25, -0.2) is 8.42 Å². The molecule has 208 valence electrons. The fourth-order valence-corrected chi connectivity index (χ4v) is 5.72. The number of halogens is 2. The Labute approximate surface area is 240 Å². The molecule has 0 bridgehead atoms. The van der Waals surface area contributed by atoms with Crippen LogP contribution in [0.1, 0.15) is 38.3 Å². The molecule has 0 fully saturated rings. The fraction of sp³-hybridized carbons (Fsp3) is 0.310. The Morgan fingerprint density at radius 2 is 1.59 bits per heavy atom. The molecule has 2 atom stereocenters. The van der Waals surface area contributed by atoms with Crippen LogP contribution < -0.4 is 9.62 Å². The zero-order chi connectivity index (χ0) is 28.7. The van der Waals surface area contributed by atoms with Crippen LogP contribution in [-0.2, 0) is 26.2 Å². The quantitative estimate of drug-likeness (QED) is 0.305. The second-order valence-electron chi connectivity index (χ2n) is 9.41. The van der Waals surface area contributed by atoms with Crippen LogP contribution in [0.5, 0.6) is 0 Å². The minimum Gasteiger partial charge on any atom is -0.352 e. The summed E-state index contributed by atoms with van der Waals surface area (Å²) in [4.78, 5) is 28.4. The average Bonchev–Trinajstić information content (AvgIpc) is 2.91. The number of para-hydroxylation sites is 1. The van der Waals surface area contributed by atoms with Gasteiger partial charge in [-0.05, 0) is 69.2 Å². The molecule has 0 heterocycles. The number of rotatable bonds is 11. The largest absolute Gasteiger partial charge is 0.352 e. The number of nitrogens with one attached hydrogen (secondary N) is 1. The number of aryl methyl sites for hydroxylation is 1. The lowest BCUT2D eigenvalue weighted by Crippen LogP contribution is -2.52. The molecule has 3 aromatic rings. The molecule has 7 nitrogen and oxygen atoms in total. The zero-order valence-corrected chi connectivity index (χ0v) is 24.7. The number of sulfonamides is 1. The Kier molecular flexibility index (Phi) is 10.4. The molecule has 39 heavy (non-hydrogen) atoms. The minimum atomic E-state index is -4.11. The van der Waals surface area contributed by atoms with Crippen LogP contribution in [0.4, 0.5) is 5.69 Å². The number of carbonyl (C=O) groups is 2. The molecule has 0 aliphatic carbocycles. The second-order valence-corrected chi connectivity index (χ2v) is 12.1. The summed E-state index contributed by atoms with van der Waals surface area (Å²) in [7, 11) is -4.11. The summed E-state index contributed by atoms with van der Waals surface area (Å²) in [5, 5.41) is 3.67. The molecule has 0 saturated carbocycles. The van der Waals surface area contributed by atoms with Gasteiger partial charge >= 0.3 is 0 Å². The highest BCUT2D eigenvalue weighted by Crippen LogP contribution is 2.26. The molecule has 0 saturated heterocycles. The maximum absolute atomic E-state index is 13.9. The van der Waals surface area contributed by atoms with E-state index in [1.54, 1.807) is 67.6 Å². The van der Waals surface area contributed by atoms with Gasteiger partial charge in [0, 0.05) is 22.6 Å². The van der Waals surface area contributed by atoms with Crippen molar-refractivity contribution in [3.63, 3.8) is 0 Å². The third kappa shape index (κ3) is 7.75. The molecule has 0 aliphatic rings. The molecule has 2 amide bonds. The van der Waals surface area contributed by atoms with E-state index < -0.39 is 28.5 Å². The van der Waals surface area contributed by atoms with Gasteiger partial charge in [-0.1, -0.05) is 72.1 Å². The first-order valence-electron chi connectivity index (χ1n) is 12.6. The number of hydrogen-bond acceptors (Lipinski definition) is 4. The third-order valence-corrected chi connectivity index (χ3v) is 8.83. The standard InChI is InChI=1S/C29H33Cl2N3O4S/c1-5-21(3)32-29(36)22(4)33(18-23-13-14-24(30)17-27(23)31)28(35)19-34(25-9-7-6-8-10-25)39(37,38)26-15-11-20(2)12-16-26/h6-17,21-22H,5,18-19H2,1-4H3,(H,32,36)/t21-,22+/m0/s1. The van der Waals surface area contributed by atoms with Gasteiger partial charge in [0.05, 0.1) is 10.6 Å². The number of amides is 2. The summed E-state index contributed by atoms with van der Waals surface area (Å²) >= 11 is 12.5. The fourth-order valence-electron chi connectivity index (χ4n) is 3.84. The lowest BCUT2D eigenvalue weighted by Gasteiger charge is -2.32. The van der Waals surface area contributed by atoms with Crippen molar-refractivity contribution in [1.82, 2.24) is 10.2 Å². The predicted molar refractivity (Wildman–Crippen MR) is 157 cm³/mol. The highest BCUT2D eigenvalue weighted by molar-refractivity contribution is 7.92. The molecule has 3 rings (SSSR count). The van der Waals surface area contributed by atoms with Gasteiger partial charge in [0.2, 0.25) is 11.8 Å². The zero-order valence-electron chi connectivity index (χ0n) is 22.4. The van der Waals surface area contributed by atoms with E-state index in [4.69, 9.17) is 23.2 Å². The molecule has 0 radical (unpaired) electrons. The van der Waals surface area contributed by atoms with E-state index >= 15 is 0 Å². The average molecular weight is 591 g/mol. The lowest BCUT2D eigenvalue weighted by molar-refractivity contribution is -0.139. The molecule has 10 heteroatoms. The molecule has 1 N–H and O–H groups in total. The summed E-state index contributed by atoms with van der Waals surface area (Å²) in [6.07, 6.45) is 0.714.